The number of para-hydroxylation sites is 1. The van der Waals surface area contributed by atoms with E-state index in [0.717, 1.165) is 28.5 Å². The molecule has 4 N–H and O–H groups in total. The third-order valence-electron chi connectivity index (χ3n) is 4.32. The maximum atomic E-state index is 12.5. The van der Waals surface area contributed by atoms with Crippen LogP contribution >= 0.6 is 0 Å². The molecule has 142 valence electrons. The van der Waals surface area contributed by atoms with Crippen LogP contribution in [0.25, 0.3) is 17.0 Å². The molecule has 1 heterocycles. The van der Waals surface area contributed by atoms with Crippen molar-refractivity contribution in [3.05, 3.63) is 65.4 Å². The van der Waals surface area contributed by atoms with E-state index >= 15 is 0 Å². The Balaban J connectivity index is 1.87. The number of anilines is 1. The van der Waals surface area contributed by atoms with Gasteiger partial charge in [0.25, 0.3) is 5.91 Å². The van der Waals surface area contributed by atoms with Gasteiger partial charge in [-0.15, -0.1) is 0 Å². The quantitative estimate of drug-likeness (QED) is 0.454. The Kier molecular flexibility index (Phi) is 5.31. The van der Waals surface area contributed by atoms with Crippen LogP contribution in [0.4, 0.5) is 5.69 Å². The average molecular weight is 394 g/mol. The van der Waals surface area contributed by atoms with Crippen molar-refractivity contribution in [2.75, 3.05) is 5.32 Å². The number of nitrogens with one attached hydrogen (secondary N) is 2. The largest absolute Gasteiger partial charge is 0.360 e. The third kappa shape index (κ3) is 3.96. The predicted molar refractivity (Wildman–Crippen MR) is 108 cm³/mol. The summed E-state index contributed by atoms with van der Waals surface area (Å²) in [7, 11) is -3.81. The summed E-state index contributed by atoms with van der Waals surface area (Å²) < 4.78 is 22.6. The maximum Gasteiger partial charge on any atom is 0.266 e. The number of hydrogen-bond acceptors (Lipinski definition) is 4. The van der Waals surface area contributed by atoms with E-state index in [4.69, 9.17) is 5.14 Å². The zero-order valence-corrected chi connectivity index (χ0v) is 15.9. The van der Waals surface area contributed by atoms with Crippen LogP contribution in [-0.4, -0.2) is 19.3 Å². The lowest BCUT2D eigenvalue weighted by atomic mass is 10.1. The highest BCUT2D eigenvalue weighted by Crippen LogP contribution is 2.24. The molecule has 1 amide bonds. The van der Waals surface area contributed by atoms with Gasteiger partial charge < -0.3 is 10.3 Å². The Bertz CT molecular complexity index is 1220. The number of amides is 1. The van der Waals surface area contributed by atoms with E-state index in [2.05, 4.69) is 17.2 Å². The van der Waals surface area contributed by atoms with Gasteiger partial charge in [-0.2, -0.15) is 5.26 Å². The van der Waals surface area contributed by atoms with Gasteiger partial charge in [-0.3, -0.25) is 4.79 Å². The first-order valence-corrected chi connectivity index (χ1v) is 10.0. The molecule has 0 spiro atoms. The number of fused-ring (bicyclic) bond motifs is 1. The smallest absolute Gasteiger partial charge is 0.266 e. The highest BCUT2D eigenvalue weighted by atomic mass is 32.2. The minimum Gasteiger partial charge on any atom is -0.360 e. The molecule has 1 aromatic heterocycles. The Labute approximate surface area is 162 Å². The van der Waals surface area contributed by atoms with E-state index < -0.39 is 15.9 Å². The number of carbonyl (C=O) groups is 1. The van der Waals surface area contributed by atoms with Crippen LogP contribution in [-0.2, 0) is 21.2 Å². The van der Waals surface area contributed by atoms with E-state index in [1.54, 1.807) is 6.20 Å². The lowest BCUT2D eigenvalue weighted by Gasteiger charge is -2.05. The predicted octanol–water partition coefficient (Wildman–Crippen LogP) is 2.92. The standard InChI is InChI=1S/C20H18N4O3S/c1-2-13-4-3-5-18-15(12-23-19(13)18)10-14(11-21)20(25)24-16-6-8-17(9-7-16)28(22,26)27/h3-10,12,23H,2H2,1H3,(H,24,25)(H2,22,26,27)/b14-10+. The number of nitriles is 1. The topological polar surface area (TPSA) is 129 Å². The summed E-state index contributed by atoms with van der Waals surface area (Å²) in [5, 5.41) is 18.0. The fraction of sp³-hybridized carbons (Fsp3) is 0.100. The van der Waals surface area contributed by atoms with Gasteiger partial charge in [0.1, 0.15) is 11.6 Å². The number of H-pyrrole nitrogens is 1. The van der Waals surface area contributed by atoms with E-state index in [1.807, 2.05) is 24.3 Å². The van der Waals surface area contributed by atoms with Gasteiger partial charge in [-0.1, -0.05) is 25.1 Å². The molecule has 0 aliphatic rings. The average Bonchev–Trinajstić information content (AvgIpc) is 3.08. The third-order valence-corrected chi connectivity index (χ3v) is 5.25. The molecule has 0 saturated carbocycles. The molecular weight excluding hydrogens is 376 g/mol. The van der Waals surface area contributed by atoms with Crippen LogP contribution in [0.15, 0.2) is 59.1 Å². The van der Waals surface area contributed by atoms with Crippen molar-refractivity contribution in [3.63, 3.8) is 0 Å². The number of sulfonamides is 1. The Morgan fingerprint density at radius 2 is 1.96 bits per heavy atom. The van der Waals surface area contributed by atoms with Crippen molar-refractivity contribution >= 4 is 38.6 Å². The first kappa shape index (κ1) is 19.4. The fourth-order valence-corrected chi connectivity index (χ4v) is 3.40. The van der Waals surface area contributed by atoms with Crippen LogP contribution < -0.4 is 10.5 Å². The second-order valence-electron chi connectivity index (χ2n) is 6.13. The second kappa shape index (κ2) is 7.68. The van der Waals surface area contributed by atoms with Crippen molar-refractivity contribution in [1.29, 1.82) is 5.26 Å². The molecule has 8 heteroatoms. The number of hydrogen-bond donors (Lipinski definition) is 3. The molecule has 0 unspecified atom stereocenters. The minimum atomic E-state index is -3.81. The Morgan fingerprint density at radius 1 is 1.25 bits per heavy atom. The van der Waals surface area contributed by atoms with Crippen molar-refractivity contribution in [2.24, 2.45) is 5.14 Å². The number of rotatable bonds is 5. The molecular formula is C20H18N4O3S. The van der Waals surface area contributed by atoms with Crippen molar-refractivity contribution < 1.29 is 13.2 Å². The van der Waals surface area contributed by atoms with Gasteiger partial charge in [0, 0.05) is 28.4 Å². The van der Waals surface area contributed by atoms with Crippen LogP contribution in [0.1, 0.15) is 18.1 Å². The number of aryl methyl sites for hydroxylation is 1. The summed E-state index contributed by atoms with van der Waals surface area (Å²) in [6.45, 7) is 2.06. The Hall–Kier alpha value is -3.41. The Morgan fingerprint density at radius 3 is 2.57 bits per heavy atom. The number of primary sulfonamides is 1. The SMILES string of the molecule is CCc1cccc2c(/C=C(\C#N)C(=O)Nc3ccc(S(N)(=O)=O)cc3)c[nH]c12. The van der Waals surface area contributed by atoms with Gasteiger partial charge in [-0.05, 0) is 42.3 Å². The normalized spacial score (nSPS) is 12.0. The molecule has 0 bridgehead atoms. The molecule has 3 rings (SSSR count). The number of aromatic nitrogens is 1. The number of benzene rings is 2. The lowest BCUT2D eigenvalue weighted by Crippen LogP contribution is -2.14. The highest BCUT2D eigenvalue weighted by Gasteiger charge is 2.13. The van der Waals surface area contributed by atoms with E-state index in [9.17, 15) is 18.5 Å². The van der Waals surface area contributed by atoms with Gasteiger partial charge in [0.05, 0.1) is 4.90 Å². The summed E-state index contributed by atoms with van der Waals surface area (Å²) in [6, 6.07) is 13.2. The number of nitrogens with two attached hydrogens (primary N) is 1. The summed E-state index contributed by atoms with van der Waals surface area (Å²) in [5.41, 5.74) is 3.15. The van der Waals surface area contributed by atoms with Crippen LogP contribution in [0.5, 0.6) is 0 Å². The molecule has 3 aromatic rings. The van der Waals surface area contributed by atoms with Gasteiger partial charge in [0.15, 0.2) is 0 Å². The van der Waals surface area contributed by atoms with Crippen LogP contribution in [0.2, 0.25) is 0 Å². The monoisotopic (exact) mass is 394 g/mol. The molecule has 2 aromatic carbocycles. The molecule has 0 aliphatic carbocycles. The zero-order chi connectivity index (χ0) is 20.3. The van der Waals surface area contributed by atoms with Crippen molar-refractivity contribution in [1.82, 2.24) is 4.98 Å². The molecule has 0 radical (unpaired) electrons. The number of nitrogens with zero attached hydrogens (tertiary/aromatic N) is 1. The lowest BCUT2D eigenvalue weighted by molar-refractivity contribution is -0.112. The van der Waals surface area contributed by atoms with E-state index in [-0.39, 0.29) is 10.5 Å². The fourth-order valence-electron chi connectivity index (χ4n) is 2.88. The van der Waals surface area contributed by atoms with Gasteiger partial charge in [0.2, 0.25) is 10.0 Å². The number of aromatic amines is 1. The van der Waals surface area contributed by atoms with Crippen LogP contribution in [0, 0.1) is 11.3 Å². The summed E-state index contributed by atoms with van der Waals surface area (Å²) in [6.07, 6.45) is 4.14. The summed E-state index contributed by atoms with van der Waals surface area (Å²) in [5.74, 6) is -0.591. The first-order valence-electron chi connectivity index (χ1n) is 8.48. The maximum absolute atomic E-state index is 12.5. The molecule has 28 heavy (non-hydrogen) atoms. The van der Waals surface area contributed by atoms with Gasteiger partial charge in [-0.25, -0.2) is 13.6 Å². The highest BCUT2D eigenvalue weighted by molar-refractivity contribution is 7.89. The van der Waals surface area contributed by atoms with E-state index in [0.29, 0.717) is 5.69 Å². The van der Waals surface area contributed by atoms with Gasteiger partial charge >= 0.3 is 0 Å². The van der Waals surface area contributed by atoms with E-state index in [1.165, 1.54) is 30.3 Å². The van der Waals surface area contributed by atoms with Crippen molar-refractivity contribution in [2.45, 2.75) is 18.2 Å². The minimum absolute atomic E-state index is 0.0629. The second-order valence-corrected chi connectivity index (χ2v) is 7.69. The number of carbonyl (C=O) groups excluding carboxylic acids is 1. The summed E-state index contributed by atoms with van der Waals surface area (Å²) in [4.78, 5) is 15.6. The summed E-state index contributed by atoms with van der Waals surface area (Å²) >= 11 is 0. The molecule has 0 saturated heterocycles. The first-order chi connectivity index (χ1) is 13.3. The molecule has 0 atom stereocenters. The zero-order valence-electron chi connectivity index (χ0n) is 15.1. The van der Waals surface area contributed by atoms with Crippen molar-refractivity contribution in [3.8, 4) is 6.07 Å². The molecule has 7 nitrogen and oxygen atoms in total. The molecule has 0 aliphatic heterocycles. The molecule has 0 fully saturated rings. The van der Waals surface area contributed by atoms with Crippen LogP contribution in [0.3, 0.4) is 0 Å².